The van der Waals surface area contributed by atoms with Crippen molar-refractivity contribution in [2.45, 2.75) is 70.4 Å². The van der Waals surface area contributed by atoms with Gasteiger partial charge in [0, 0.05) is 19.7 Å². The van der Waals surface area contributed by atoms with Gasteiger partial charge in [-0.2, -0.15) is 0 Å². The van der Waals surface area contributed by atoms with Gasteiger partial charge in [0.2, 0.25) is 0 Å². The number of hydrogen-bond acceptors (Lipinski definition) is 7. The highest BCUT2D eigenvalue weighted by Gasteiger charge is 2.38. The second kappa shape index (κ2) is 8.07. The molecule has 30 heavy (non-hydrogen) atoms. The summed E-state index contributed by atoms with van der Waals surface area (Å²) in [6.07, 6.45) is -2.25. The summed E-state index contributed by atoms with van der Waals surface area (Å²) in [5.41, 5.74) is -0.277. The number of benzene rings is 1. The smallest absolute Gasteiger partial charge is 0.424 e. The van der Waals surface area contributed by atoms with E-state index in [0.717, 1.165) is 7.05 Å². The van der Waals surface area contributed by atoms with E-state index < -0.39 is 39.6 Å². The van der Waals surface area contributed by atoms with Gasteiger partial charge < -0.3 is 14.2 Å². The molecule has 0 spiro atoms. The zero-order valence-corrected chi connectivity index (χ0v) is 19.5. The molecule has 2 rings (SSSR count). The quantitative estimate of drug-likeness (QED) is 0.704. The minimum atomic E-state index is -4.14. The first-order valence-corrected chi connectivity index (χ1v) is 10.9. The summed E-state index contributed by atoms with van der Waals surface area (Å²) in [4.78, 5) is 26.1. The van der Waals surface area contributed by atoms with Crippen LogP contribution >= 0.6 is 0 Å². The van der Waals surface area contributed by atoms with Crippen LogP contribution in [0.15, 0.2) is 23.1 Å². The number of carbonyl (C=O) groups excluding carboxylic acids is 2. The van der Waals surface area contributed by atoms with Gasteiger partial charge in [0.15, 0.2) is 6.23 Å². The third-order valence-corrected chi connectivity index (χ3v) is 5.88. The van der Waals surface area contributed by atoms with Crippen LogP contribution in [0.1, 0.15) is 58.9 Å². The molecule has 0 aliphatic carbocycles. The lowest BCUT2D eigenvalue weighted by atomic mass is 10.1. The van der Waals surface area contributed by atoms with Crippen molar-refractivity contribution in [2.24, 2.45) is 0 Å². The monoisotopic (exact) mass is 442 g/mol. The number of sulfonamides is 1. The van der Waals surface area contributed by atoms with E-state index in [4.69, 9.17) is 14.2 Å². The van der Waals surface area contributed by atoms with Gasteiger partial charge in [-0.05, 0) is 59.2 Å². The molecule has 0 radical (unpaired) electrons. The predicted molar refractivity (Wildman–Crippen MR) is 109 cm³/mol. The molecule has 0 fully saturated rings. The molecule has 0 bridgehead atoms. The van der Waals surface area contributed by atoms with E-state index in [0.29, 0.717) is 15.4 Å². The molecule has 10 heteroatoms. The van der Waals surface area contributed by atoms with Gasteiger partial charge in [0.05, 0.1) is 11.4 Å². The summed E-state index contributed by atoms with van der Waals surface area (Å²) in [5, 5.41) is 0. The molecular weight excluding hydrogens is 412 g/mol. The van der Waals surface area contributed by atoms with Crippen LogP contribution in [0, 0.1) is 0 Å². The molecule has 1 aromatic rings. The molecule has 168 valence electrons. The number of hydrogen-bond donors (Lipinski definition) is 0. The highest BCUT2D eigenvalue weighted by molar-refractivity contribution is 7.89. The molecule has 2 amide bonds. The molecule has 0 saturated carbocycles. The standard InChI is InChI=1S/C20H30N2O7S/c1-19(2,3)28-17(23)21(7)30(25,26)14-9-10-15-13(11-14)12-22(16(15)27-8)18(24)29-20(4,5)6/h9-11,16H,12H2,1-8H3. The average Bonchev–Trinajstić information content (AvgIpc) is 2.95. The molecule has 1 heterocycles. The molecule has 0 saturated heterocycles. The van der Waals surface area contributed by atoms with Crippen LogP contribution in [0.4, 0.5) is 9.59 Å². The minimum Gasteiger partial charge on any atom is -0.444 e. The van der Waals surface area contributed by atoms with Crippen LogP contribution in [0.2, 0.25) is 0 Å². The normalized spacial score (nSPS) is 16.8. The fourth-order valence-electron chi connectivity index (χ4n) is 2.87. The Morgan fingerprint density at radius 2 is 1.63 bits per heavy atom. The van der Waals surface area contributed by atoms with E-state index in [1.807, 2.05) is 0 Å². The highest BCUT2D eigenvalue weighted by atomic mass is 32.2. The highest BCUT2D eigenvalue weighted by Crippen LogP contribution is 2.36. The Morgan fingerprint density at radius 1 is 1.07 bits per heavy atom. The summed E-state index contributed by atoms with van der Waals surface area (Å²) < 4.78 is 42.4. The Labute approximate surface area is 177 Å². The summed E-state index contributed by atoms with van der Waals surface area (Å²) in [5.74, 6) is 0. The van der Waals surface area contributed by atoms with Crippen molar-refractivity contribution >= 4 is 22.2 Å². The second-order valence-corrected chi connectivity index (χ2v) is 11.0. The van der Waals surface area contributed by atoms with Gasteiger partial charge in [-0.1, -0.05) is 6.07 Å². The predicted octanol–water partition coefficient (Wildman–Crippen LogP) is 3.64. The van der Waals surface area contributed by atoms with Gasteiger partial charge in [-0.3, -0.25) is 4.90 Å². The third kappa shape index (κ3) is 5.23. The van der Waals surface area contributed by atoms with Gasteiger partial charge in [-0.15, -0.1) is 0 Å². The van der Waals surface area contributed by atoms with Gasteiger partial charge in [-0.25, -0.2) is 22.3 Å². The summed E-state index contributed by atoms with van der Waals surface area (Å²) in [7, 11) is -1.54. The van der Waals surface area contributed by atoms with E-state index in [2.05, 4.69) is 0 Å². The molecule has 0 N–H and O–H groups in total. The number of amides is 2. The Kier molecular flexibility index (Phi) is 6.44. The van der Waals surface area contributed by atoms with Crippen LogP contribution in [0.5, 0.6) is 0 Å². The van der Waals surface area contributed by atoms with Gasteiger partial charge in [0.1, 0.15) is 11.2 Å². The van der Waals surface area contributed by atoms with Gasteiger partial charge in [0.25, 0.3) is 10.0 Å². The third-order valence-electron chi connectivity index (χ3n) is 4.16. The summed E-state index contributed by atoms with van der Waals surface area (Å²) in [6, 6.07) is 4.38. The van der Waals surface area contributed by atoms with Crippen LogP contribution in [0.25, 0.3) is 0 Å². The fraction of sp³-hybridized carbons (Fsp3) is 0.600. The number of fused-ring (bicyclic) bond motifs is 1. The Balaban J connectivity index is 2.32. The van der Waals surface area contributed by atoms with E-state index >= 15 is 0 Å². The largest absolute Gasteiger partial charge is 0.444 e. The summed E-state index contributed by atoms with van der Waals surface area (Å²) in [6.45, 7) is 10.3. The Hall–Kier alpha value is -2.33. The first kappa shape index (κ1) is 23.9. The van der Waals surface area contributed by atoms with E-state index in [1.165, 1.54) is 24.1 Å². The van der Waals surface area contributed by atoms with Crippen LogP contribution in [0.3, 0.4) is 0 Å². The van der Waals surface area contributed by atoms with Crippen molar-refractivity contribution < 1.29 is 32.2 Å². The molecule has 1 atom stereocenters. The van der Waals surface area contributed by atoms with Gasteiger partial charge >= 0.3 is 12.2 Å². The van der Waals surface area contributed by atoms with E-state index in [-0.39, 0.29) is 11.4 Å². The Bertz CT molecular complexity index is 929. The maximum atomic E-state index is 12.9. The molecule has 1 aromatic carbocycles. The lowest BCUT2D eigenvalue weighted by Crippen LogP contribution is -2.38. The van der Waals surface area contributed by atoms with Crippen molar-refractivity contribution in [1.29, 1.82) is 0 Å². The minimum absolute atomic E-state index is 0.0875. The number of methoxy groups -OCH3 is 1. The number of ether oxygens (including phenoxy) is 3. The van der Waals surface area contributed by atoms with Crippen molar-refractivity contribution in [2.75, 3.05) is 14.2 Å². The lowest BCUT2D eigenvalue weighted by Gasteiger charge is -2.28. The van der Waals surface area contributed by atoms with Crippen molar-refractivity contribution in [3.8, 4) is 0 Å². The van der Waals surface area contributed by atoms with Crippen molar-refractivity contribution in [3.63, 3.8) is 0 Å². The lowest BCUT2D eigenvalue weighted by molar-refractivity contribution is -0.0448. The average molecular weight is 443 g/mol. The molecule has 1 aliphatic rings. The van der Waals surface area contributed by atoms with Crippen molar-refractivity contribution in [1.82, 2.24) is 9.21 Å². The molecular formula is C20H30N2O7S. The number of rotatable bonds is 3. The molecule has 1 aliphatic heterocycles. The van der Waals surface area contributed by atoms with Crippen molar-refractivity contribution in [3.05, 3.63) is 29.3 Å². The molecule has 0 aromatic heterocycles. The topological polar surface area (TPSA) is 102 Å². The van der Waals surface area contributed by atoms with Crippen LogP contribution in [-0.4, -0.2) is 55.2 Å². The number of carbonyl (C=O) groups is 2. The fourth-order valence-corrected chi connectivity index (χ4v) is 3.95. The number of nitrogens with zero attached hydrogens (tertiary/aromatic N) is 2. The SMILES string of the molecule is COC1c2ccc(S(=O)(=O)N(C)C(=O)OC(C)(C)C)cc2CN1C(=O)OC(C)(C)C. The maximum Gasteiger partial charge on any atom is 0.424 e. The van der Waals surface area contributed by atoms with E-state index in [1.54, 1.807) is 47.6 Å². The van der Waals surface area contributed by atoms with Crippen LogP contribution in [-0.2, 0) is 30.8 Å². The molecule has 9 nitrogen and oxygen atoms in total. The Morgan fingerprint density at radius 3 is 2.13 bits per heavy atom. The zero-order chi connectivity index (χ0) is 23.1. The first-order chi connectivity index (χ1) is 13.6. The zero-order valence-electron chi connectivity index (χ0n) is 18.7. The second-order valence-electron chi connectivity index (χ2n) is 9.01. The molecule has 1 unspecified atom stereocenters. The summed E-state index contributed by atoms with van der Waals surface area (Å²) >= 11 is 0. The maximum absolute atomic E-state index is 12.9. The van der Waals surface area contributed by atoms with Crippen LogP contribution < -0.4 is 0 Å². The van der Waals surface area contributed by atoms with E-state index in [9.17, 15) is 18.0 Å². The first-order valence-electron chi connectivity index (χ1n) is 9.44.